The van der Waals surface area contributed by atoms with E-state index in [9.17, 15) is 13.2 Å². The van der Waals surface area contributed by atoms with Crippen LogP contribution < -0.4 is 9.73 Å². The van der Waals surface area contributed by atoms with Gasteiger partial charge in [0.25, 0.3) is 15.9 Å². The maximum atomic E-state index is 13.5. The van der Waals surface area contributed by atoms with Gasteiger partial charge in [-0.05, 0) is 72.1 Å². The molecule has 0 saturated heterocycles. The Morgan fingerprint density at radius 1 is 0.943 bits per heavy atom. The Hall–Kier alpha value is -3.68. The van der Waals surface area contributed by atoms with E-state index in [-0.39, 0.29) is 4.90 Å². The van der Waals surface area contributed by atoms with Crippen LogP contribution in [0.1, 0.15) is 16.7 Å². The van der Waals surface area contributed by atoms with E-state index in [4.69, 9.17) is 11.6 Å². The highest BCUT2D eigenvalue weighted by Gasteiger charge is 2.27. The van der Waals surface area contributed by atoms with Gasteiger partial charge in [0.2, 0.25) is 0 Å². The topological polar surface area (TPSA) is 78.8 Å². The maximum absolute atomic E-state index is 13.5. The molecule has 0 aliphatic carbocycles. The molecule has 1 N–H and O–H groups in total. The van der Waals surface area contributed by atoms with Crippen LogP contribution in [0.25, 0.3) is 10.8 Å². The van der Waals surface area contributed by atoms with Crippen molar-refractivity contribution in [1.29, 1.82) is 0 Å². The van der Waals surface area contributed by atoms with Crippen LogP contribution in [0.2, 0.25) is 5.02 Å². The van der Waals surface area contributed by atoms with Gasteiger partial charge in [-0.2, -0.15) is 5.10 Å². The molecule has 8 heteroatoms. The molecular formula is C27H24ClN3O3S. The first-order chi connectivity index (χ1) is 16.8. The molecule has 0 atom stereocenters. The Labute approximate surface area is 209 Å². The standard InChI is InChI=1S/C27H24ClN3O3S/c1-19-10-13-24(16-20(19)2)31(35(33,34)25-14-11-23(28)12-15-25)18-27(32)30-29-17-22-8-5-7-21-6-3-4-9-26(21)22/h3-17H,18H2,1-2H3,(H,30,32)/b29-17-. The summed E-state index contributed by atoms with van der Waals surface area (Å²) in [4.78, 5) is 12.8. The Morgan fingerprint density at radius 3 is 2.40 bits per heavy atom. The highest BCUT2D eigenvalue weighted by Crippen LogP contribution is 2.26. The van der Waals surface area contributed by atoms with Crippen molar-refractivity contribution in [2.24, 2.45) is 5.10 Å². The number of carbonyl (C=O) groups is 1. The van der Waals surface area contributed by atoms with Crippen molar-refractivity contribution in [2.45, 2.75) is 18.7 Å². The lowest BCUT2D eigenvalue weighted by atomic mass is 10.1. The molecule has 0 aliphatic heterocycles. The summed E-state index contributed by atoms with van der Waals surface area (Å²) in [5, 5.41) is 6.54. The Balaban J connectivity index is 1.60. The van der Waals surface area contributed by atoms with Crippen molar-refractivity contribution >= 4 is 50.2 Å². The highest BCUT2D eigenvalue weighted by molar-refractivity contribution is 7.92. The van der Waals surface area contributed by atoms with E-state index in [2.05, 4.69) is 10.5 Å². The molecule has 4 aromatic rings. The number of hydrogen-bond donors (Lipinski definition) is 1. The van der Waals surface area contributed by atoms with E-state index in [0.29, 0.717) is 10.7 Å². The summed E-state index contributed by atoms with van der Waals surface area (Å²) in [6, 6.07) is 24.7. The number of halogens is 1. The van der Waals surface area contributed by atoms with Crippen molar-refractivity contribution in [2.75, 3.05) is 10.8 Å². The number of rotatable bonds is 7. The second-order valence-corrected chi connectivity index (χ2v) is 10.4. The van der Waals surface area contributed by atoms with Crippen LogP contribution in [-0.4, -0.2) is 27.1 Å². The van der Waals surface area contributed by atoms with Crippen molar-refractivity contribution in [3.63, 3.8) is 0 Å². The lowest BCUT2D eigenvalue weighted by molar-refractivity contribution is -0.119. The maximum Gasteiger partial charge on any atom is 0.264 e. The second kappa shape index (κ2) is 10.3. The molecule has 35 heavy (non-hydrogen) atoms. The molecular weight excluding hydrogens is 482 g/mol. The first-order valence-electron chi connectivity index (χ1n) is 10.9. The van der Waals surface area contributed by atoms with Crippen molar-refractivity contribution in [3.05, 3.63) is 107 Å². The van der Waals surface area contributed by atoms with Crippen LogP contribution in [0.4, 0.5) is 5.69 Å². The highest BCUT2D eigenvalue weighted by atomic mass is 35.5. The summed E-state index contributed by atoms with van der Waals surface area (Å²) < 4.78 is 28.0. The monoisotopic (exact) mass is 505 g/mol. The van der Waals surface area contributed by atoms with Crippen LogP contribution in [0.15, 0.2) is 94.9 Å². The Kier molecular flexibility index (Phi) is 7.19. The minimum absolute atomic E-state index is 0.0344. The molecule has 178 valence electrons. The molecule has 0 heterocycles. The number of hydrazone groups is 1. The number of aryl methyl sites for hydroxylation is 2. The summed E-state index contributed by atoms with van der Waals surface area (Å²) in [6.45, 7) is 3.38. The van der Waals surface area contributed by atoms with Crippen LogP contribution >= 0.6 is 11.6 Å². The van der Waals surface area contributed by atoms with Crippen molar-refractivity contribution < 1.29 is 13.2 Å². The van der Waals surface area contributed by atoms with E-state index in [1.165, 1.54) is 24.3 Å². The van der Waals surface area contributed by atoms with Crippen LogP contribution in [-0.2, 0) is 14.8 Å². The second-order valence-electron chi connectivity index (χ2n) is 8.10. The molecule has 0 radical (unpaired) electrons. The third-order valence-electron chi connectivity index (χ3n) is 5.68. The molecule has 0 unspecified atom stereocenters. The number of amides is 1. The fraction of sp³-hybridized carbons (Fsp3) is 0.111. The first-order valence-corrected chi connectivity index (χ1v) is 12.7. The third-order valence-corrected chi connectivity index (χ3v) is 7.72. The first kappa shape index (κ1) is 24.4. The van der Waals surface area contributed by atoms with Crippen molar-refractivity contribution in [3.8, 4) is 0 Å². The third kappa shape index (κ3) is 5.53. The van der Waals surface area contributed by atoms with Crippen LogP contribution in [0.5, 0.6) is 0 Å². The molecule has 1 amide bonds. The molecule has 6 nitrogen and oxygen atoms in total. The zero-order chi connectivity index (χ0) is 25.0. The van der Waals surface area contributed by atoms with E-state index in [1.807, 2.05) is 62.4 Å². The van der Waals surface area contributed by atoms with Gasteiger partial charge in [0.1, 0.15) is 6.54 Å². The number of hydrogen-bond acceptors (Lipinski definition) is 4. The van der Waals surface area contributed by atoms with Gasteiger partial charge in [-0.25, -0.2) is 13.8 Å². The van der Waals surface area contributed by atoms with E-state index in [0.717, 1.165) is 31.8 Å². The number of anilines is 1. The van der Waals surface area contributed by atoms with Crippen molar-refractivity contribution in [1.82, 2.24) is 5.43 Å². The molecule has 0 spiro atoms. The summed E-state index contributed by atoms with van der Waals surface area (Å²) >= 11 is 5.94. The zero-order valence-corrected chi connectivity index (χ0v) is 20.8. The quantitative estimate of drug-likeness (QED) is 0.268. The number of carbonyl (C=O) groups excluding carboxylic acids is 1. The van der Waals surface area contributed by atoms with Crippen LogP contribution in [0.3, 0.4) is 0 Å². The van der Waals surface area contributed by atoms with Gasteiger partial charge in [-0.15, -0.1) is 0 Å². The number of nitrogens with zero attached hydrogens (tertiary/aromatic N) is 2. The number of fused-ring (bicyclic) bond motifs is 1. The minimum atomic E-state index is -4.04. The van der Waals surface area contributed by atoms with Gasteiger partial charge in [-0.3, -0.25) is 9.10 Å². The van der Waals surface area contributed by atoms with Gasteiger partial charge < -0.3 is 0 Å². The van der Waals surface area contributed by atoms with Gasteiger partial charge in [0, 0.05) is 10.6 Å². The van der Waals surface area contributed by atoms with E-state index in [1.54, 1.807) is 18.3 Å². The zero-order valence-electron chi connectivity index (χ0n) is 19.3. The number of benzene rings is 4. The SMILES string of the molecule is Cc1ccc(N(CC(=O)N/N=C\c2cccc3ccccc23)S(=O)(=O)c2ccc(Cl)cc2)cc1C. The Morgan fingerprint density at radius 2 is 1.66 bits per heavy atom. The fourth-order valence-corrected chi connectivity index (χ4v) is 5.17. The molecule has 0 aromatic heterocycles. The molecule has 0 fully saturated rings. The molecule has 0 bridgehead atoms. The fourth-order valence-electron chi connectivity index (χ4n) is 3.63. The van der Waals surface area contributed by atoms with Gasteiger partial charge in [0.05, 0.1) is 16.8 Å². The van der Waals surface area contributed by atoms with Gasteiger partial charge in [-0.1, -0.05) is 60.1 Å². The smallest absolute Gasteiger partial charge is 0.264 e. The lowest BCUT2D eigenvalue weighted by Gasteiger charge is -2.24. The Bertz CT molecular complexity index is 1510. The van der Waals surface area contributed by atoms with Gasteiger partial charge in [0.15, 0.2) is 0 Å². The minimum Gasteiger partial charge on any atom is -0.271 e. The predicted octanol–water partition coefficient (Wildman–Crippen LogP) is 5.46. The summed E-state index contributed by atoms with van der Waals surface area (Å²) in [5.74, 6) is -0.572. The molecule has 4 rings (SSSR count). The van der Waals surface area contributed by atoms with Crippen LogP contribution in [0, 0.1) is 13.8 Å². The summed E-state index contributed by atoms with van der Waals surface area (Å²) in [5.41, 5.74) is 5.61. The molecule has 4 aromatic carbocycles. The predicted molar refractivity (Wildman–Crippen MR) is 142 cm³/mol. The summed E-state index contributed by atoms with van der Waals surface area (Å²) in [7, 11) is -4.04. The summed E-state index contributed by atoms with van der Waals surface area (Å²) in [6.07, 6.45) is 1.55. The lowest BCUT2D eigenvalue weighted by Crippen LogP contribution is -2.39. The number of nitrogens with one attached hydrogen (secondary N) is 1. The number of sulfonamides is 1. The average molecular weight is 506 g/mol. The largest absolute Gasteiger partial charge is 0.271 e. The van der Waals surface area contributed by atoms with E-state index < -0.39 is 22.5 Å². The van der Waals surface area contributed by atoms with Gasteiger partial charge >= 0.3 is 0 Å². The molecule has 0 aliphatic rings. The average Bonchev–Trinajstić information content (AvgIpc) is 2.85. The normalized spacial score (nSPS) is 11.6. The molecule has 0 saturated carbocycles. The van der Waals surface area contributed by atoms with E-state index >= 15 is 0 Å².